The number of primary sulfonamides is 1. The molecule has 1 aliphatic heterocycles. The number of nitrogens with zero attached hydrogens (tertiary/aromatic N) is 2. The molecule has 3 aromatic rings. The van der Waals surface area contributed by atoms with Crippen LogP contribution in [-0.2, 0) is 21.4 Å². The van der Waals surface area contributed by atoms with Gasteiger partial charge in [0, 0.05) is 33.1 Å². The number of carbonyl (C=O) groups is 1. The summed E-state index contributed by atoms with van der Waals surface area (Å²) in [6.07, 6.45) is 1.73. The lowest BCUT2D eigenvalue weighted by Gasteiger charge is -2.07. The van der Waals surface area contributed by atoms with Gasteiger partial charge in [-0.3, -0.25) is 9.48 Å². The van der Waals surface area contributed by atoms with Crippen molar-refractivity contribution in [3.8, 4) is 0 Å². The number of rotatable bonds is 4. The predicted molar refractivity (Wildman–Crippen MR) is 117 cm³/mol. The number of carbonyl (C=O) groups excluding carboxylic acids is 1. The van der Waals surface area contributed by atoms with Crippen LogP contribution in [-0.4, -0.2) is 24.1 Å². The molecule has 7 nitrogen and oxygen atoms in total. The van der Waals surface area contributed by atoms with Gasteiger partial charge in [0.15, 0.2) is 0 Å². The monoisotopic (exact) mass is 442 g/mol. The quantitative estimate of drug-likeness (QED) is 0.604. The molecule has 0 atom stereocenters. The molecule has 0 unspecified atom stereocenters. The Balaban J connectivity index is 1.77. The number of aryl methyl sites for hydroxylation is 1. The zero-order valence-electron chi connectivity index (χ0n) is 16.3. The Kier molecular flexibility index (Phi) is 5.01. The van der Waals surface area contributed by atoms with E-state index in [2.05, 4.69) is 10.4 Å². The lowest BCUT2D eigenvalue weighted by Crippen LogP contribution is -2.12. The van der Waals surface area contributed by atoms with E-state index in [-0.39, 0.29) is 10.8 Å². The summed E-state index contributed by atoms with van der Waals surface area (Å²) in [5, 5.41) is 13.2. The van der Waals surface area contributed by atoms with Gasteiger partial charge in [-0.1, -0.05) is 29.8 Å². The summed E-state index contributed by atoms with van der Waals surface area (Å²) >= 11 is 6.27. The van der Waals surface area contributed by atoms with E-state index in [1.807, 2.05) is 42.8 Å². The van der Waals surface area contributed by atoms with Crippen molar-refractivity contribution in [1.82, 2.24) is 9.78 Å². The fraction of sp³-hybridized carbons (Fsp3) is 0.143. The smallest absolute Gasteiger partial charge is 0.256 e. The van der Waals surface area contributed by atoms with Crippen LogP contribution in [0, 0.1) is 13.8 Å². The molecule has 1 aliphatic rings. The van der Waals surface area contributed by atoms with Gasteiger partial charge >= 0.3 is 0 Å². The van der Waals surface area contributed by atoms with E-state index in [1.165, 1.54) is 18.2 Å². The lowest BCUT2D eigenvalue weighted by atomic mass is 10.0. The van der Waals surface area contributed by atoms with E-state index in [9.17, 15) is 13.2 Å². The van der Waals surface area contributed by atoms with Crippen LogP contribution in [0.5, 0.6) is 0 Å². The number of aromatic nitrogens is 2. The Morgan fingerprint density at radius 3 is 2.63 bits per heavy atom. The van der Waals surface area contributed by atoms with Crippen molar-refractivity contribution in [2.45, 2.75) is 25.3 Å². The van der Waals surface area contributed by atoms with Gasteiger partial charge in [0.2, 0.25) is 10.0 Å². The molecule has 1 amide bonds. The van der Waals surface area contributed by atoms with Crippen molar-refractivity contribution in [2.75, 3.05) is 5.32 Å². The Morgan fingerprint density at radius 1 is 1.20 bits per heavy atom. The molecule has 4 rings (SSSR count). The molecule has 2 heterocycles. The molecule has 1 aromatic heterocycles. The maximum absolute atomic E-state index is 12.6. The maximum atomic E-state index is 12.6. The lowest BCUT2D eigenvalue weighted by molar-refractivity contribution is -0.110. The molecule has 154 valence electrons. The first kappa shape index (κ1) is 20.3. The van der Waals surface area contributed by atoms with Crippen LogP contribution in [0.3, 0.4) is 0 Å². The van der Waals surface area contributed by atoms with Crippen molar-refractivity contribution in [1.29, 1.82) is 0 Å². The minimum Gasteiger partial charge on any atom is -0.321 e. The number of anilines is 1. The Labute approximate surface area is 179 Å². The van der Waals surface area contributed by atoms with Gasteiger partial charge in [-0.25, -0.2) is 13.6 Å². The van der Waals surface area contributed by atoms with Gasteiger partial charge < -0.3 is 5.32 Å². The number of nitrogens with two attached hydrogens (primary N) is 1. The third-order valence-corrected chi connectivity index (χ3v) is 6.39. The Bertz CT molecular complexity index is 1330. The first-order chi connectivity index (χ1) is 14.1. The second-order valence-corrected chi connectivity index (χ2v) is 9.07. The molecule has 3 N–H and O–H groups in total. The van der Waals surface area contributed by atoms with Crippen LogP contribution in [0.25, 0.3) is 11.6 Å². The molecule has 0 aliphatic carbocycles. The van der Waals surface area contributed by atoms with Crippen molar-refractivity contribution in [3.05, 3.63) is 75.6 Å². The molecular weight excluding hydrogens is 424 g/mol. The fourth-order valence-electron chi connectivity index (χ4n) is 3.49. The molecule has 0 radical (unpaired) electrons. The molecule has 0 saturated heterocycles. The Hall–Kier alpha value is -2.94. The second-order valence-electron chi connectivity index (χ2n) is 7.10. The summed E-state index contributed by atoms with van der Waals surface area (Å²) in [5.74, 6) is -0.311. The number of hydrogen-bond donors (Lipinski definition) is 2. The minimum absolute atomic E-state index is 0.0495. The molecular formula is C21H19ClN4O3S. The highest BCUT2D eigenvalue weighted by atomic mass is 35.5. The third-order valence-electron chi connectivity index (χ3n) is 5.11. The molecule has 0 spiro atoms. The molecule has 0 bridgehead atoms. The van der Waals surface area contributed by atoms with Gasteiger partial charge in [-0.05, 0) is 49.8 Å². The van der Waals surface area contributed by atoms with Crippen LogP contribution < -0.4 is 10.5 Å². The van der Waals surface area contributed by atoms with Gasteiger partial charge in [-0.15, -0.1) is 0 Å². The summed E-state index contributed by atoms with van der Waals surface area (Å²) in [6, 6.07) is 11.9. The van der Waals surface area contributed by atoms with E-state index in [0.717, 1.165) is 22.5 Å². The first-order valence-electron chi connectivity index (χ1n) is 9.13. The van der Waals surface area contributed by atoms with Crippen LogP contribution >= 0.6 is 11.6 Å². The summed E-state index contributed by atoms with van der Waals surface area (Å²) < 4.78 is 25.3. The predicted octanol–water partition coefficient (Wildman–Crippen LogP) is 3.34. The minimum atomic E-state index is -3.88. The van der Waals surface area contributed by atoms with E-state index in [4.69, 9.17) is 16.7 Å². The zero-order chi connectivity index (χ0) is 21.6. The fourth-order valence-corrected chi connectivity index (χ4v) is 4.23. The number of hydrogen-bond acceptors (Lipinski definition) is 4. The van der Waals surface area contributed by atoms with Crippen molar-refractivity contribution in [3.63, 3.8) is 0 Å². The number of nitrogens with one attached hydrogen (secondary N) is 1. The summed E-state index contributed by atoms with van der Waals surface area (Å²) in [5.41, 5.74) is 4.73. The zero-order valence-corrected chi connectivity index (χ0v) is 17.9. The molecule has 0 fully saturated rings. The maximum Gasteiger partial charge on any atom is 0.256 e. The van der Waals surface area contributed by atoms with Gasteiger partial charge in [0.05, 0.1) is 17.1 Å². The van der Waals surface area contributed by atoms with E-state index < -0.39 is 10.0 Å². The average Bonchev–Trinajstić information content (AvgIpc) is 3.13. The Morgan fingerprint density at radius 2 is 1.93 bits per heavy atom. The van der Waals surface area contributed by atoms with Crippen molar-refractivity contribution in [2.24, 2.45) is 5.14 Å². The topological polar surface area (TPSA) is 107 Å². The summed E-state index contributed by atoms with van der Waals surface area (Å²) in [6.45, 7) is 4.27. The molecule has 9 heteroatoms. The van der Waals surface area contributed by atoms with Crippen LogP contribution in [0.4, 0.5) is 5.69 Å². The highest BCUT2D eigenvalue weighted by Crippen LogP contribution is 2.35. The summed E-state index contributed by atoms with van der Waals surface area (Å²) in [4.78, 5) is 12.5. The van der Waals surface area contributed by atoms with Crippen LogP contribution in [0.15, 0.2) is 47.4 Å². The van der Waals surface area contributed by atoms with Crippen molar-refractivity contribution < 1.29 is 13.2 Å². The van der Waals surface area contributed by atoms with Crippen LogP contribution in [0.1, 0.15) is 28.1 Å². The SMILES string of the molecule is Cc1nn(Cc2ccccc2Cl)c(C)c1/C=C1\C(=O)Nc2ccc(S(N)(=O)=O)cc21. The van der Waals surface area contributed by atoms with Gasteiger partial charge in [0.1, 0.15) is 0 Å². The second kappa shape index (κ2) is 7.39. The van der Waals surface area contributed by atoms with Gasteiger partial charge in [0.25, 0.3) is 5.91 Å². The van der Waals surface area contributed by atoms with Crippen molar-refractivity contribution >= 4 is 44.9 Å². The molecule has 2 aromatic carbocycles. The standard InChI is InChI=1S/C21H19ClN4O3S/c1-12-16(13(2)26(25-12)11-14-5-3-4-6-19(14)22)10-18-17-9-15(30(23,28)29)7-8-20(17)24-21(18)27/h3-10H,11H2,1-2H3,(H,24,27)(H2,23,28,29)/b18-10-. The third kappa shape index (κ3) is 3.65. The van der Waals surface area contributed by atoms with Gasteiger partial charge in [-0.2, -0.15) is 5.10 Å². The van der Waals surface area contributed by atoms with E-state index >= 15 is 0 Å². The average molecular weight is 443 g/mol. The van der Waals surface area contributed by atoms with E-state index in [1.54, 1.807) is 6.08 Å². The molecule has 30 heavy (non-hydrogen) atoms. The number of halogens is 1. The summed E-state index contributed by atoms with van der Waals surface area (Å²) in [7, 11) is -3.88. The number of fused-ring (bicyclic) bond motifs is 1. The first-order valence-corrected chi connectivity index (χ1v) is 11.1. The highest BCUT2D eigenvalue weighted by molar-refractivity contribution is 7.89. The molecule has 0 saturated carbocycles. The largest absolute Gasteiger partial charge is 0.321 e. The number of sulfonamides is 1. The highest BCUT2D eigenvalue weighted by Gasteiger charge is 2.27. The van der Waals surface area contributed by atoms with E-state index in [0.29, 0.717) is 28.4 Å². The normalized spacial score (nSPS) is 14.8. The number of amides is 1. The van der Waals surface area contributed by atoms with Crippen LogP contribution in [0.2, 0.25) is 5.02 Å². The number of benzene rings is 2.